The van der Waals surface area contributed by atoms with Crippen molar-refractivity contribution in [2.75, 3.05) is 5.73 Å². The van der Waals surface area contributed by atoms with E-state index >= 15 is 0 Å². The van der Waals surface area contributed by atoms with Crippen LogP contribution >= 0.6 is 0 Å². The molecule has 318 valence electrons. The predicted octanol–water partition coefficient (Wildman–Crippen LogP) is 14.4. The first-order valence-corrected chi connectivity index (χ1v) is 22.3. The van der Waals surface area contributed by atoms with Gasteiger partial charge in [-0.2, -0.15) is 0 Å². The van der Waals surface area contributed by atoms with Crippen molar-refractivity contribution >= 4 is 67.7 Å². The molecule has 0 saturated carbocycles. The summed E-state index contributed by atoms with van der Waals surface area (Å²) in [5, 5.41) is 13.4. The van der Waals surface area contributed by atoms with Crippen LogP contribution in [0.15, 0.2) is 228 Å². The number of nitrogens with zero attached hydrogens (tertiary/aromatic N) is 4. The van der Waals surface area contributed by atoms with E-state index in [1.165, 1.54) is 27.5 Å². The van der Waals surface area contributed by atoms with Crippen molar-refractivity contribution in [1.82, 2.24) is 9.13 Å². The maximum atomic E-state index is 8.78. The van der Waals surface area contributed by atoms with Crippen LogP contribution in [0.3, 0.4) is 0 Å². The van der Waals surface area contributed by atoms with Crippen LogP contribution in [0.2, 0.25) is 0 Å². The molecular weight excluding hydrogens is 805 g/mol. The van der Waals surface area contributed by atoms with Crippen LogP contribution in [0.5, 0.6) is 0 Å². The maximum Gasteiger partial charge on any atom is 0.161 e. The molecular formula is C60H48N6. The van der Waals surface area contributed by atoms with Crippen LogP contribution in [0, 0.1) is 12.3 Å². The number of aryl methyl sites for hydroxylation is 3. The van der Waals surface area contributed by atoms with Crippen molar-refractivity contribution in [1.29, 1.82) is 5.41 Å². The highest BCUT2D eigenvalue weighted by Crippen LogP contribution is 2.42. The molecule has 3 N–H and O–H groups in total. The second-order valence-corrected chi connectivity index (χ2v) is 16.5. The summed E-state index contributed by atoms with van der Waals surface area (Å²) in [6.07, 6.45) is 1.64. The number of fused-ring (bicyclic) bond motifs is 6. The van der Waals surface area contributed by atoms with Crippen molar-refractivity contribution in [2.45, 2.75) is 19.8 Å². The number of nitrogen functional groups attached to an aromatic ring is 1. The second-order valence-electron chi connectivity index (χ2n) is 16.5. The molecule has 66 heavy (non-hydrogen) atoms. The molecule has 2 heterocycles. The molecule has 11 rings (SSSR count). The fourth-order valence-electron chi connectivity index (χ4n) is 9.18. The van der Waals surface area contributed by atoms with Crippen molar-refractivity contribution in [3.05, 3.63) is 246 Å². The van der Waals surface area contributed by atoms with E-state index in [1.54, 1.807) is 0 Å². The summed E-state index contributed by atoms with van der Waals surface area (Å²) in [7, 11) is 0. The lowest BCUT2D eigenvalue weighted by Crippen LogP contribution is -2.05. The fraction of sp³-hybridized carbons (Fsp3) is 0.0500. The van der Waals surface area contributed by atoms with Crippen LogP contribution in [0.4, 0.5) is 5.69 Å². The van der Waals surface area contributed by atoms with Gasteiger partial charge in [0.05, 0.1) is 27.8 Å². The number of nitrogens with two attached hydrogens (primary N) is 1. The summed E-state index contributed by atoms with van der Waals surface area (Å²) in [5.74, 6) is 0.502. The molecule has 6 nitrogen and oxygen atoms in total. The number of hydrogen-bond donors (Lipinski definition) is 2. The molecule has 0 unspecified atom stereocenters. The number of para-hydroxylation sites is 2. The van der Waals surface area contributed by atoms with Gasteiger partial charge in [0.25, 0.3) is 0 Å². The first kappa shape index (κ1) is 41.4. The number of rotatable bonds is 8. The van der Waals surface area contributed by atoms with E-state index in [1.807, 2.05) is 66.7 Å². The standard InChI is InChI=1S/C53H40N6.C7H8/c1-56-53(57-52(55)37-19-9-4-10-20-37)39-21-13-22-40(33-39)58-47-32-31-45(54)43(29-27-35-15-5-2-6-16-35)50(47)44-24-14-26-48(51(44)58)59-46-25-12-11-23-41(46)42-30-28-38(34-49(42)59)36-17-7-3-8-18-36;1-7-5-3-2-4-6-7/h2-26,28,30-34,55H,1,27,29,54H2;2-6H,1H3. The van der Waals surface area contributed by atoms with Gasteiger partial charge < -0.3 is 14.9 Å². The Morgan fingerprint density at radius 2 is 1.17 bits per heavy atom. The highest BCUT2D eigenvalue weighted by Gasteiger charge is 2.23. The second kappa shape index (κ2) is 18.2. The van der Waals surface area contributed by atoms with E-state index in [0.29, 0.717) is 11.4 Å². The van der Waals surface area contributed by atoms with Gasteiger partial charge in [-0.25, -0.2) is 9.98 Å². The first-order valence-electron chi connectivity index (χ1n) is 22.3. The highest BCUT2D eigenvalue weighted by molar-refractivity contribution is 6.17. The molecule has 0 aliphatic heterocycles. The summed E-state index contributed by atoms with van der Waals surface area (Å²) < 4.78 is 4.78. The Balaban J connectivity index is 0.000000670. The fourth-order valence-corrected chi connectivity index (χ4v) is 9.18. The zero-order chi connectivity index (χ0) is 45.0. The van der Waals surface area contributed by atoms with Gasteiger partial charge in [0.15, 0.2) is 11.7 Å². The smallest absolute Gasteiger partial charge is 0.161 e. The molecule has 0 fully saturated rings. The molecule has 6 heteroatoms. The third-order valence-corrected chi connectivity index (χ3v) is 12.3. The minimum Gasteiger partial charge on any atom is -0.398 e. The van der Waals surface area contributed by atoms with Crippen molar-refractivity contribution in [3.63, 3.8) is 0 Å². The molecule has 0 spiro atoms. The molecule has 0 amide bonds. The predicted molar refractivity (Wildman–Crippen MR) is 279 cm³/mol. The van der Waals surface area contributed by atoms with Gasteiger partial charge >= 0.3 is 0 Å². The Kier molecular flexibility index (Phi) is 11.4. The Hall–Kier alpha value is -8.61. The first-order chi connectivity index (χ1) is 32.5. The number of aromatic nitrogens is 2. The molecule has 0 aliphatic rings. The lowest BCUT2D eigenvalue weighted by molar-refractivity contribution is 0.972. The van der Waals surface area contributed by atoms with Crippen LogP contribution in [0.25, 0.3) is 66.1 Å². The van der Waals surface area contributed by atoms with Gasteiger partial charge in [0.2, 0.25) is 0 Å². The summed E-state index contributed by atoms with van der Waals surface area (Å²) in [4.78, 5) is 9.00. The molecule has 9 aromatic carbocycles. The van der Waals surface area contributed by atoms with E-state index in [9.17, 15) is 0 Å². The topological polar surface area (TPSA) is 84.4 Å². The Bertz CT molecular complexity index is 3570. The lowest BCUT2D eigenvalue weighted by atomic mass is 9.98. The van der Waals surface area contributed by atoms with Gasteiger partial charge in [-0.3, -0.25) is 5.41 Å². The summed E-state index contributed by atoms with van der Waals surface area (Å²) in [6.45, 7) is 5.96. The molecule has 0 aliphatic carbocycles. The van der Waals surface area contributed by atoms with Crippen LogP contribution in [-0.4, -0.2) is 27.5 Å². The molecule has 0 saturated heterocycles. The van der Waals surface area contributed by atoms with Gasteiger partial charge in [0, 0.05) is 44.0 Å². The van der Waals surface area contributed by atoms with Gasteiger partial charge in [-0.05, 0) is 91.2 Å². The zero-order valence-electron chi connectivity index (χ0n) is 36.8. The van der Waals surface area contributed by atoms with E-state index in [0.717, 1.165) is 79.4 Å². The number of amidine groups is 2. The van der Waals surface area contributed by atoms with Crippen LogP contribution in [0.1, 0.15) is 27.8 Å². The number of anilines is 1. The number of benzene rings is 9. The Morgan fingerprint density at radius 1 is 0.530 bits per heavy atom. The van der Waals surface area contributed by atoms with Crippen molar-refractivity contribution < 1.29 is 0 Å². The maximum absolute atomic E-state index is 8.78. The van der Waals surface area contributed by atoms with E-state index < -0.39 is 0 Å². The average molecular weight is 853 g/mol. The Labute approximate surface area is 384 Å². The number of hydrogen-bond acceptors (Lipinski definition) is 2. The van der Waals surface area contributed by atoms with Gasteiger partial charge in [-0.1, -0.05) is 181 Å². The van der Waals surface area contributed by atoms with Gasteiger partial charge in [0.1, 0.15) is 0 Å². The summed E-state index contributed by atoms with van der Waals surface area (Å²) in [6, 6.07) is 75.5. The summed E-state index contributed by atoms with van der Waals surface area (Å²) in [5.41, 5.74) is 21.6. The largest absolute Gasteiger partial charge is 0.398 e. The molecule has 2 aromatic heterocycles. The zero-order valence-corrected chi connectivity index (χ0v) is 36.8. The molecule has 0 bridgehead atoms. The minimum absolute atomic E-state index is 0.123. The SMILES string of the molecule is C=NC(=NC(=N)c1ccccc1)c1cccc(-n2c3ccc(N)c(CCc4ccccc4)c3c3cccc(-n4c5ccccc5c5ccc(-c6ccccc6)cc54)c32)c1.Cc1ccccc1. The van der Waals surface area contributed by atoms with Gasteiger partial charge in [-0.15, -0.1) is 0 Å². The molecule has 11 aromatic rings. The average Bonchev–Trinajstić information content (AvgIpc) is 3.89. The summed E-state index contributed by atoms with van der Waals surface area (Å²) >= 11 is 0. The molecule has 0 radical (unpaired) electrons. The quantitative estimate of drug-likeness (QED) is 0.0891. The third kappa shape index (κ3) is 7.97. The van der Waals surface area contributed by atoms with E-state index in [-0.39, 0.29) is 5.84 Å². The lowest BCUT2D eigenvalue weighted by Gasteiger charge is -2.15. The third-order valence-electron chi connectivity index (χ3n) is 12.3. The monoisotopic (exact) mass is 852 g/mol. The number of aliphatic imine (C=N–C) groups is 2. The Morgan fingerprint density at radius 3 is 1.89 bits per heavy atom. The van der Waals surface area contributed by atoms with E-state index in [2.05, 4.69) is 184 Å². The van der Waals surface area contributed by atoms with E-state index in [4.69, 9.17) is 11.1 Å². The normalized spacial score (nSPS) is 11.5. The van der Waals surface area contributed by atoms with Crippen molar-refractivity contribution in [2.24, 2.45) is 9.98 Å². The molecule has 0 atom stereocenters. The highest BCUT2D eigenvalue weighted by atomic mass is 15.1. The van der Waals surface area contributed by atoms with Crippen molar-refractivity contribution in [3.8, 4) is 22.5 Å². The van der Waals surface area contributed by atoms with Crippen LogP contribution in [-0.2, 0) is 12.8 Å². The minimum atomic E-state index is 0.123. The number of nitrogens with one attached hydrogen (secondary N) is 1. The van der Waals surface area contributed by atoms with Crippen LogP contribution < -0.4 is 5.73 Å².